The van der Waals surface area contributed by atoms with Gasteiger partial charge in [-0.05, 0) is 85.8 Å². The van der Waals surface area contributed by atoms with E-state index in [1.54, 1.807) is 12.1 Å². The molecule has 0 aliphatic heterocycles. The third-order valence-corrected chi connectivity index (χ3v) is 6.20. The van der Waals surface area contributed by atoms with Crippen molar-refractivity contribution in [1.29, 1.82) is 0 Å². The number of hydrogen-bond donors (Lipinski definition) is 2. The van der Waals surface area contributed by atoms with Crippen LogP contribution >= 0.6 is 0 Å². The molecule has 0 spiro atoms. The van der Waals surface area contributed by atoms with Crippen molar-refractivity contribution < 1.29 is 5.11 Å². The second-order valence-electron chi connectivity index (χ2n) is 7.54. The van der Waals surface area contributed by atoms with Gasteiger partial charge < -0.3 is 10.8 Å². The number of aromatic hydroxyl groups is 1. The van der Waals surface area contributed by atoms with Crippen LogP contribution in [0.4, 0.5) is 0 Å². The van der Waals surface area contributed by atoms with Gasteiger partial charge in [0.15, 0.2) is 0 Å². The van der Waals surface area contributed by atoms with Crippen LogP contribution in [0.25, 0.3) is 0 Å². The molecule has 0 amide bonds. The number of phenols is 1. The lowest BCUT2D eigenvalue weighted by Gasteiger charge is -2.56. The molecule has 4 aliphatic carbocycles. The molecular formula is C18H25NO. The molecule has 5 rings (SSSR count). The minimum atomic E-state index is 0.301. The Bertz CT molecular complexity index is 453. The van der Waals surface area contributed by atoms with Gasteiger partial charge in [-0.3, -0.25) is 0 Å². The van der Waals surface area contributed by atoms with E-state index in [0.29, 0.717) is 11.8 Å². The summed E-state index contributed by atoms with van der Waals surface area (Å²) in [6.07, 6.45) is 8.25. The molecule has 4 fully saturated rings. The van der Waals surface area contributed by atoms with Crippen LogP contribution in [-0.4, -0.2) is 11.1 Å². The van der Waals surface area contributed by atoms with Gasteiger partial charge in [-0.15, -0.1) is 0 Å². The van der Waals surface area contributed by atoms with Crippen molar-refractivity contribution in [3.8, 4) is 5.75 Å². The molecule has 20 heavy (non-hydrogen) atoms. The smallest absolute Gasteiger partial charge is 0.115 e. The van der Waals surface area contributed by atoms with E-state index in [9.17, 15) is 5.11 Å². The van der Waals surface area contributed by atoms with Gasteiger partial charge in [0.1, 0.15) is 5.75 Å². The minimum absolute atomic E-state index is 0.301. The second kappa shape index (κ2) is 4.77. The fourth-order valence-corrected chi connectivity index (χ4v) is 5.71. The Kier molecular flexibility index (Phi) is 3.03. The van der Waals surface area contributed by atoms with Gasteiger partial charge in [-0.1, -0.05) is 12.1 Å². The predicted molar refractivity (Wildman–Crippen MR) is 80.3 cm³/mol. The number of benzene rings is 1. The van der Waals surface area contributed by atoms with Gasteiger partial charge >= 0.3 is 0 Å². The number of rotatable bonds is 3. The molecule has 1 unspecified atom stereocenters. The van der Waals surface area contributed by atoms with E-state index in [4.69, 9.17) is 5.73 Å². The first kappa shape index (κ1) is 12.7. The molecule has 4 aliphatic rings. The van der Waals surface area contributed by atoms with Crippen LogP contribution in [0.2, 0.25) is 0 Å². The predicted octanol–water partition coefficient (Wildman–Crippen LogP) is 3.33. The number of phenolic OH excluding ortho intramolecular Hbond substituents is 1. The molecule has 0 aromatic heterocycles. The highest BCUT2D eigenvalue weighted by Gasteiger charge is 2.49. The molecule has 1 aromatic carbocycles. The zero-order valence-electron chi connectivity index (χ0n) is 12.0. The standard InChI is InChI=1S/C18H25NO/c19-17(10-11-1-3-16(20)4-2-11)18-14-6-12-5-13(8-14)9-15(18)7-12/h1-4,12-15,17-18,20H,5-10,19H2. The van der Waals surface area contributed by atoms with Crippen LogP contribution in [0.3, 0.4) is 0 Å². The van der Waals surface area contributed by atoms with E-state index in [1.807, 2.05) is 12.1 Å². The lowest BCUT2D eigenvalue weighted by molar-refractivity contribution is -0.0464. The molecule has 0 saturated heterocycles. The van der Waals surface area contributed by atoms with Crippen molar-refractivity contribution >= 4 is 0 Å². The maximum atomic E-state index is 9.37. The SMILES string of the molecule is NC(Cc1ccc(O)cc1)C1C2CC3CC(C2)CC1C3. The summed E-state index contributed by atoms with van der Waals surface area (Å²) in [6.45, 7) is 0. The van der Waals surface area contributed by atoms with Gasteiger partial charge in [0, 0.05) is 6.04 Å². The Morgan fingerprint density at radius 1 is 0.950 bits per heavy atom. The summed E-state index contributed by atoms with van der Waals surface area (Å²) in [7, 11) is 0. The summed E-state index contributed by atoms with van der Waals surface area (Å²) in [5.74, 6) is 4.94. The fourth-order valence-electron chi connectivity index (χ4n) is 5.71. The van der Waals surface area contributed by atoms with Gasteiger partial charge in [0.05, 0.1) is 0 Å². The Balaban J connectivity index is 1.48. The first-order chi connectivity index (χ1) is 9.69. The largest absolute Gasteiger partial charge is 0.508 e. The molecule has 2 heteroatoms. The highest BCUT2D eigenvalue weighted by molar-refractivity contribution is 5.26. The zero-order valence-corrected chi connectivity index (χ0v) is 12.0. The van der Waals surface area contributed by atoms with Gasteiger partial charge in [0.2, 0.25) is 0 Å². The van der Waals surface area contributed by atoms with Crippen LogP contribution in [0.15, 0.2) is 24.3 Å². The van der Waals surface area contributed by atoms with Crippen molar-refractivity contribution in [2.45, 2.75) is 44.6 Å². The Morgan fingerprint density at radius 3 is 2.05 bits per heavy atom. The van der Waals surface area contributed by atoms with E-state index in [1.165, 1.54) is 37.7 Å². The quantitative estimate of drug-likeness (QED) is 0.885. The van der Waals surface area contributed by atoms with Crippen LogP contribution in [0, 0.1) is 29.6 Å². The summed E-state index contributed by atoms with van der Waals surface area (Å²) in [4.78, 5) is 0. The topological polar surface area (TPSA) is 46.2 Å². The minimum Gasteiger partial charge on any atom is -0.508 e. The van der Waals surface area contributed by atoms with Crippen LogP contribution in [0.1, 0.15) is 37.7 Å². The average Bonchev–Trinajstić information content (AvgIpc) is 2.40. The average molecular weight is 271 g/mol. The second-order valence-corrected chi connectivity index (χ2v) is 7.54. The molecule has 108 valence electrons. The number of hydrogen-bond acceptors (Lipinski definition) is 2. The Labute approximate surface area is 121 Å². The summed E-state index contributed by atoms with van der Waals surface area (Å²) >= 11 is 0. The molecule has 2 nitrogen and oxygen atoms in total. The summed E-state index contributed by atoms with van der Waals surface area (Å²) in [6, 6.07) is 7.89. The van der Waals surface area contributed by atoms with Crippen molar-refractivity contribution in [2.24, 2.45) is 35.3 Å². The Hall–Kier alpha value is -1.02. The summed E-state index contributed by atoms with van der Waals surface area (Å²) < 4.78 is 0. The van der Waals surface area contributed by atoms with Crippen molar-refractivity contribution in [1.82, 2.24) is 0 Å². The maximum absolute atomic E-state index is 9.37. The third kappa shape index (κ3) is 2.14. The van der Waals surface area contributed by atoms with Gasteiger partial charge in [-0.2, -0.15) is 0 Å². The van der Waals surface area contributed by atoms with E-state index < -0.39 is 0 Å². The maximum Gasteiger partial charge on any atom is 0.115 e. The van der Waals surface area contributed by atoms with Crippen LogP contribution in [0.5, 0.6) is 5.75 Å². The van der Waals surface area contributed by atoms with Crippen molar-refractivity contribution in [3.63, 3.8) is 0 Å². The monoisotopic (exact) mass is 271 g/mol. The molecule has 0 radical (unpaired) electrons. The first-order valence-electron chi connectivity index (χ1n) is 8.22. The molecule has 4 saturated carbocycles. The fraction of sp³-hybridized carbons (Fsp3) is 0.667. The molecular weight excluding hydrogens is 246 g/mol. The van der Waals surface area contributed by atoms with E-state index in [2.05, 4.69) is 0 Å². The van der Waals surface area contributed by atoms with Crippen molar-refractivity contribution in [2.75, 3.05) is 0 Å². The van der Waals surface area contributed by atoms with Crippen LogP contribution in [-0.2, 0) is 6.42 Å². The van der Waals surface area contributed by atoms with Crippen LogP contribution < -0.4 is 5.73 Å². The lowest BCUT2D eigenvalue weighted by Crippen LogP contribution is -2.52. The van der Waals surface area contributed by atoms with Gasteiger partial charge in [0.25, 0.3) is 0 Å². The number of nitrogens with two attached hydrogens (primary N) is 1. The molecule has 1 atom stereocenters. The third-order valence-electron chi connectivity index (χ3n) is 6.20. The summed E-state index contributed by atoms with van der Waals surface area (Å²) in [5, 5.41) is 9.37. The molecule has 3 N–H and O–H groups in total. The van der Waals surface area contributed by atoms with E-state index in [0.717, 1.165) is 36.0 Å². The normalized spacial score (nSPS) is 40.0. The molecule has 0 heterocycles. The zero-order chi connectivity index (χ0) is 13.7. The molecule has 1 aromatic rings. The Morgan fingerprint density at radius 2 is 1.50 bits per heavy atom. The van der Waals surface area contributed by atoms with Gasteiger partial charge in [-0.25, -0.2) is 0 Å². The highest BCUT2D eigenvalue weighted by atomic mass is 16.3. The highest BCUT2D eigenvalue weighted by Crippen LogP contribution is 2.57. The summed E-state index contributed by atoms with van der Waals surface area (Å²) in [5.41, 5.74) is 7.87. The lowest BCUT2D eigenvalue weighted by atomic mass is 9.50. The van der Waals surface area contributed by atoms with E-state index >= 15 is 0 Å². The first-order valence-corrected chi connectivity index (χ1v) is 8.22. The molecule has 4 bridgehead atoms. The van der Waals surface area contributed by atoms with E-state index in [-0.39, 0.29) is 0 Å². The van der Waals surface area contributed by atoms with Crippen molar-refractivity contribution in [3.05, 3.63) is 29.8 Å².